The van der Waals surface area contributed by atoms with Crippen molar-refractivity contribution in [2.45, 2.75) is 116 Å². The minimum Gasteiger partial charge on any atom is -0.492 e. The predicted molar refractivity (Wildman–Crippen MR) is 184 cm³/mol. The van der Waals surface area contributed by atoms with Gasteiger partial charge >= 0.3 is 5.97 Å². The summed E-state index contributed by atoms with van der Waals surface area (Å²) >= 11 is 0. The molecule has 3 rings (SSSR count). The van der Waals surface area contributed by atoms with Crippen LogP contribution in [-0.2, 0) is 16.0 Å². The molecule has 1 aromatic heterocycles. The lowest BCUT2D eigenvalue weighted by Crippen LogP contribution is -2.28. The maximum atomic E-state index is 13.7. The molecule has 1 heterocycles. The number of fused-ring (bicyclic) bond motifs is 1. The fourth-order valence-corrected chi connectivity index (χ4v) is 4.22. The van der Waals surface area contributed by atoms with E-state index in [0.29, 0.717) is 34.5 Å². The van der Waals surface area contributed by atoms with Gasteiger partial charge in [-0.1, -0.05) is 94.4 Å². The van der Waals surface area contributed by atoms with Gasteiger partial charge in [0.1, 0.15) is 30.1 Å². The summed E-state index contributed by atoms with van der Waals surface area (Å²) in [4.78, 5) is 28.5. The number of carbonyl (C=O) groups excluding carboxylic acids is 2. The van der Waals surface area contributed by atoms with Crippen molar-refractivity contribution in [3.8, 4) is 5.75 Å². The highest BCUT2D eigenvalue weighted by atomic mass is 16.5. The number of ether oxygens (including phenoxy) is 2. The van der Waals surface area contributed by atoms with Crippen molar-refractivity contribution in [1.29, 1.82) is 0 Å². The number of ketones is 1. The first kappa shape index (κ1) is 42.0. The summed E-state index contributed by atoms with van der Waals surface area (Å²) in [7, 11) is 0. The second kappa shape index (κ2) is 24.3. The van der Waals surface area contributed by atoms with E-state index in [0.717, 1.165) is 42.9 Å². The van der Waals surface area contributed by atoms with Crippen molar-refractivity contribution in [3.05, 3.63) is 64.4 Å². The van der Waals surface area contributed by atoms with Crippen molar-refractivity contribution < 1.29 is 23.5 Å². The van der Waals surface area contributed by atoms with Crippen molar-refractivity contribution in [3.63, 3.8) is 0 Å². The Hall–Kier alpha value is -3.12. The summed E-state index contributed by atoms with van der Waals surface area (Å²) in [6.45, 7) is 31.4. The number of rotatable bonds is 12. The molecule has 0 aliphatic carbocycles. The van der Waals surface area contributed by atoms with Crippen molar-refractivity contribution in [1.82, 2.24) is 4.90 Å². The smallest absolute Gasteiger partial charge is 0.313 e. The number of likely N-dealkylation sites (N-methyl/N-ethyl adjacent to an activating group) is 1. The van der Waals surface area contributed by atoms with Gasteiger partial charge in [-0.15, -0.1) is 0 Å². The van der Waals surface area contributed by atoms with E-state index in [9.17, 15) is 9.59 Å². The average molecular weight is 600 g/mol. The number of hydrogen-bond acceptors (Lipinski definition) is 6. The number of esters is 1. The van der Waals surface area contributed by atoms with Crippen molar-refractivity contribution in [2.24, 2.45) is 0 Å². The number of nitrogens with zero attached hydrogens (tertiary/aromatic N) is 1. The SMILES string of the molecule is CC.CC.CC.CC.CC[C@H](C)OC(=O)Cc1oc2ccccc2c1C(=O)c1cc(C)c(OCCN(CC)CC)c(C)c1. The highest BCUT2D eigenvalue weighted by molar-refractivity contribution is 6.17. The molecule has 0 unspecified atom stereocenters. The predicted octanol–water partition coefficient (Wildman–Crippen LogP) is 9.99. The molecule has 244 valence electrons. The lowest BCUT2D eigenvalue weighted by atomic mass is 9.96. The molecule has 6 nitrogen and oxygen atoms in total. The Morgan fingerprint density at radius 3 is 1.91 bits per heavy atom. The summed E-state index contributed by atoms with van der Waals surface area (Å²) in [5.41, 5.74) is 3.33. The zero-order chi connectivity index (χ0) is 33.5. The molecule has 43 heavy (non-hydrogen) atoms. The fraction of sp³-hybridized carbons (Fsp3) is 0.568. The van der Waals surface area contributed by atoms with Crippen LogP contribution in [0.25, 0.3) is 11.0 Å². The Morgan fingerprint density at radius 2 is 1.40 bits per heavy atom. The molecule has 0 amide bonds. The average Bonchev–Trinajstić information content (AvgIpc) is 3.41. The van der Waals surface area contributed by atoms with E-state index in [-0.39, 0.29) is 18.3 Å². The zero-order valence-electron chi connectivity index (χ0n) is 29.8. The van der Waals surface area contributed by atoms with Gasteiger partial charge in [-0.3, -0.25) is 9.59 Å². The van der Waals surface area contributed by atoms with Crippen molar-refractivity contribution in [2.75, 3.05) is 26.2 Å². The highest BCUT2D eigenvalue weighted by Crippen LogP contribution is 2.31. The van der Waals surface area contributed by atoms with Gasteiger partial charge in [0.15, 0.2) is 5.78 Å². The van der Waals surface area contributed by atoms with Crippen LogP contribution in [-0.4, -0.2) is 49.0 Å². The van der Waals surface area contributed by atoms with Gasteiger partial charge in [0.25, 0.3) is 0 Å². The fourth-order valence-electron chi connectivity index (χ4n) is 4.22. The molecule has 0 spiro atoms. The van der Waals surface area contributed by atoms with E-state index in [1.807, 2.05) is 113 Å². The third-order valence-corrected chi connectivity index (χ3v) is 6.38. The maximum Gasteiger partial charge on any atom is 0.313 e. The molecule has 0 fully saturated rings. The highest BCUT2D eigenvalue weighted by Gasteiger charge is 2.25. The number of aryl methyl sites for hydroxylation is 2. The Balaban J connectivity index is 0. The number of benzene rings is 2. The lowest BCUT2D eigenvalue weighted by molar-refractivity contribution is -0.147. The Bertz CT molecular complexity index is 1150. The molecule has 0 radical (unpaired) electrons. The summed E-state index contributed by atoms with van der Waals surface area (Å²) in [6.07, 6.45) is 0.440. The number of para-hydroxylation sites is 1. The first-order chi connectivity index (χ1) is 20.8. The summed E-state index contributed by atoms with van der Waals surface area (Å²) in [5.74, 6) is 0.557. The first-order valence-corrected chi connectivity index (χ1v) is 16.5. The van der Waals surface area contributed by atoms with Crippen LogP contribution in [0, 0.1) is 13.8 Å². The van der Waals surface area contributed by atoms with Gasteiger partial charge in [0.2, 0.25) is 0 Å². The molecule has 0 bridgehead atoms. The van der Waals surface area contributed by atoms with Gasteiger partial charge in [-0.25, -0.2) is 0 Å². The molecule has 0 aliphatic rings. The molecule has 0 saturated carbocycles. The minimum absolute atomic E-state index is 0.0926. The number of furan rings is 1. The van der Waals surface area contributed by atoms with Crippen LogP contribution in [0.1, 0.15) is 122 Å². The van der Waals surface area contributed by atoms with E-state index in [1.54, 1.807) is 6.07 Å². The molecule has 2 aromatic carbocycles. The van der Waals surface area contributed by atoms with Crippen LogP contribution in [0.3, 0.4) is 0 Å². The van der Waals surface area contributed by atoms with E-state index in [4.69, 9.17) is 13.9 Å². The molecule has 6 heteroatoms. The second-order valence-corrected chi connectivity index (χ2v) is 8.93. The molecule has 0 saturated heterocycles. The van der Waals surface area contributed by atoms with Crippen LogP contribution >= 0.6 is 0 Å². The Kier molecular flexibility index (Phi) is 23.8. The molecular formula is C37H61NO5. The lowest BCUT2D eigenvalue weighted by Gasteiger charge is -2.19. The molecule has 3 aromatic rings. The van der Waals surface area contributed by atoms with Crippen LogP contribution in [0.4, 0.5) is 0 Å². The van der Waals surface area contributed by atoms with E-state index in [1.165, 1.54) is 0 Å². The van der Waals surface area contributed by atoms with Gasteiger partial charge in [-0.2, -0.15) is 0 Å². The van der Waals surface area contributed by atoms with Crippen LogP contribution < -0.4 is 4.74 Å². The van der Waals surface area contributed by atoms with Gasteiger partial charge in [-0.05, 0) is 69.6 Å². The van der Waals surface area contributed by atoms with E-state index in [2.05, 4.69) is 18.7 Å². The standard InChI is InChI=1S/C29H37NO5.4C2H6/c1-7-21(6)34-26(31)18-25-27(23-12-10-11-13-24(23)35-25)28(32)22-16-19(4)29(20(5)17-22)33-15-14-30(8-2)9-3;4*1-2/h10-13,16-17,21H,7-9,14-15,18H2,1-6H3;4*1-2H3/t21-;;;;/m0..../s1. The Labute approximate surface area is 263 Å². The third-order valence-electron chi connectivity index (χ3n) is 6.38. The summed E-state index contributed by atoms with van der Waals surface area (Å²) in [5, 5.41) is 0.693. The van der Waals surface area contributed by atoms with Gasteiger partial charge in [0, 0.05) is 17.5 Å². The molecular weight excluding hydrogens is 538 g/mol. The monoisotopic (exact) mass is 599 g/mol. The summed E-state index contributed by atoms with van der Waals surface area (Å²) < 4.78 is 17.5. The quantitative estimate of drug-likeness (QED) is 0.152. The molecule has 0 N–H and O–H groups in total. The van der Waals surface area contributed by atoms with E-state index < -0.39 is 5.97 Å². The number of hydrogen-bond donors (Lipinski definition) is 0. The second-order valence-electron chi connectivity index (χ2n) is 8.93. The topological polar surface area (TPSA) is 69.0 Å². The molecule has 0 aliphatic heterocycles. The summed E-state index contributed by atoms with van der Waals surface area (Å²) in [6, 6.07) is 11.1. The number of carbonyl (C=O) groups is 2. The minimum atomic E-state index is -0.406. The largest absolute Gasteiger partial charge is 0.492 e. The van der Waals surface area contributed by atoms with Gasteiger partial charge in [0.05, 0.1) is 11.7 Å². The van der Waals surface area contributed by atoms with Gasteiger partial charge < -0.3 is 18.8 Å². The van der Waals surface area contributed by atoms with Crippen LogP contribution in [0.15, 0.2) is 40.8 Å². The maximum absolute atomic E-state index is 13.7. The normalized spacial score (nSPS) is 10.5. The van der Waals surface area contributed by atoms with E-state index >= 15 is 0 Å². The third kappa shape index (κ3) is 13.0. The van der Waals surface area contributed by atoms with Crippen LogP contribution in [0.5, 0.6) is 5.75 Å². The Morgan fingerprint density at radius 1 is 0.860 bits per heavy atom. The first-order valence-electron chi connectivity index (χ1n) is 16.5. The molecule has 1 atom stereocenters. The zero-order valence-corrected chi connectivity index (χ0v) is 29.8. The van der Waals surface area contributed by atoms with Crippen LogP contribution in [0.2, 0.25) is 0 Å². The van der Waals surface area contributed by atoms with Crippen molar-refractivity contribution >= 4 is 22.7 Å².